The van der Waals surface area contributed by atoms with Gasteiger partial charge in [0.2, 0.25) is 0 Å². The van der Waals surface area contributed by atoms with Crippen LogP contribution in [0.4, 0.5) is 0 Å². The van der Waals surface area contributed by atoms with E-state index in [1.807, 2.05) is 6.92 Å². The molecule has 1 atom stereocenters. The van der Waals surface area contributed by atoms with E-state index in [4.69, 9.17) is 9.15 Å². The minimum Gasteiger partial charge on any atom is -0.469 e. The van der Waals surface area contributed by atoms with E-state index in [0.717, 1.165) is 38.9 Å². The maximum absolute atomic E-state index is 12.2. The van der Waals surface area contributed by atoms with Gasteiger partial charge < -0.3 is 19.4 Å². The van der Waals surface area contributed by atoms with E-state index in [0.29, 0.717) is 23.3 Å². The maximum atomic E-state index is 12.2. The van der Waals surface area contributed by atoms with Crippen LogP contribution in [0.5, 0.6) is 0 Å². The van der Waals surface area contributed by atoms with Crippen LogP contribution in [0.3, 0.4) is 0 Å². The van der Waals surface area contributed by atoms with Gasteiger partial charge in [0.1, 0.15) is 5.76 Å². The molecule has 0 spiro atoms. The summed E-state index contributed by atoms with van der Waals surface area (Å²) in [6.45, 7) is 9.27. The van der Waals surface area contributed by atoms with Gasteiger partial charge in [0.25, 0.3) is 5.91 Å². The minimum atomic E-state index is -0.0238. The molecule has 1 amide bonds. The van der Waals surface area contributed by atoms with E-state index in [1.54, 1.807) is 19.4 Å². The quantitative estimate of drug-likeness (QED) is 0.839. The molecule has 0 bridgehead atoms. The first-order valence-corrected chi connectivity index (χ1v) is 8.59. The van der Waals surface area contributed by atoms with Crippen molar-refractivity contribution >= 4 is 5.91 Å². The Morgan fingerprint density at radius 1 is 1.43 bits per heavy atom. The number of piperidine rings is 1. The van der Waals surface area contributed by atoms with Crippen LogP contribution in [-0.4, -0.2) is 49.7 Å². The lowest BCUT2D eigenvalue weighted by Gasteiger charge is -2.34. The van der Waals surface area contributed by atoms with E-state index in [-0.39, 0.29) is 11.9 Å². The lowest BCUT2D eigenvalue weighted by molar-refractivity contribution is 0.0404. The third-order valence-corrected chi connectivity index (χ3v) is 4.56. The number of furan rings is 1. The molecule has 1 unspecified atom stereocenters. The fourth-order valence-corrected chi connectivity index (χ4v) is 3.20. The van der Waals surface area contributed by atoms with Crippen molar-refractivity contribution in [3.8, 4) is 0 Å². The number of methoxy groups -OCH3 is 1. The maximum Gasteiger partial charge on any atom is 0.255 e. The Kier molecular flexibility index (Phi) is 6.66. The zero-order valence-corrected chi connectivity index (χ0v) is 14.8. The summed E-state index contributed by atoms with van der Waals surface area (Å²) in [5.41, 5.74) is 0.642. The van der Waals surface area contributed by atoms with Gasteiger partial charge in [0, 0.05) is 32.8 Å². The molecular formula is C18H30N2O3. The van der Waals surface area contributed by atoms with E-state index in [1.165, 1.54) is 0 Å². The first-order chi connectivity index (χ1) is 11.0. The summed E-state index contributed by atoms with van der Waals surface area (Å²) in [5, 5.41) is 3.13. The number of likely N-dealkylation sites (tertiary alicyclic amines) is 1. The first-order valence-electron chi connectivity index (χ1n) is 8.59. The highest BCUT2D eigenvalue weighted by molar-refractivity contribution is 5.95. The average Bonchev–Trinajstić information content (AvgIpc) is 2.94. The summed E-state index contributed by atoms with van der Waals surface area (Å²) in [7, 11) is 1.80. The Labute approximate surface area is 139 Å². The van der Waals surface area contributed by atoms with Crippen molar-refractivity contribution in [3.63, 3.8) is 0 Å². The number of hydrogen-bond acceptors (Lipinski definition) is 4. The van der Waals surface area contributed by atoms with Crippen LogP contribution in [0.15, 0.2) is 16.7 Å². The van der Waals surface area contributed by atoms with Crippen molar-refractivity contribution in [1.82, 2.24) is 10.2 Å². The van der Waals surface area contributed by atoms with Gasteiger partial charge in [-0.2, -0.15) is 0 Å². The number of nitrogens with one attached hydrogen (secondary N) is 1. The van der Waals surface area contributed by atoms with E-state index < -0.39 is 0 Å². The van der Waals surface area contributed by atoms with E-state index >= 15 is 0 Å². The van der Waals surface area contributed by atoms with Gasteiger partial charge >= 0.3 is 0 Å². The second-order valence-corrected chi connectivity index (χ2v) is 6.93. The lowest BCUT2D eigenvalue weighted by Crippen LogP contribution is -2.46. The molecule has 1 saturated heterocycles. The number of amides is 1. The summed E-state index contributed by atoms with van der Waals surface area (Å²) in [6, 6.07) is 1.98. The molecule has 0 aliphatic carbocycles. The molecule has 23 heavy (non-hydrogen) atoms. The molecule has 2 heterocycles. The molecule has 1 aliphatic rings. The van der Waals surface area contributed by atoms with Crippen LogP contribution in [0.2, 0.25) is 0 Å². The van der Waals surface area contributed by atoms with Crippen LogP contribution in [-0.2, 0) is 4.74 Å². The van der Waals surface area contributed by atoms with Crippen molar-refractivity contribution in [2.45, 2.75) is 52.2 Å². The second-order valence-electron chi connectivity index (χ2n) is 6.93. The Morgan fingerprint density at radius 3 is 2.65 bits per heavy atom. The molecule has 1 N–H and O–H groups in total. The molecule has 1 aliphatic heterocycles. The van der Waals surface area contributed by atoms with Gasteiger partial charge in [-0.1, -0.05) is 13.8 Å². The van der Waals surface area contributed by atoms with Crippen molar-refractivity contribution in [3.05, 3.63) is 23.7 Å². The molecule has 5 heteroatoms. The van der Waals surface area contributed by atoms with Crippen LogP contribution >= 0.6 is 0 Å². The zero-order valence-electron chi connectivity index (χ0n) is 14.8. The van der Waals surface area contributed by atoms with E-state index in [9.17, 15) is 4.79 Å². The Hall–Kier alpha value is -1.33. The van der Waals surface area contributed by atoms with Crippen molar-refractivity contribution in [1.29, 1.82) is 0 Å². The van der Waals surface area contributed by atoms with Crippen LogP contribution in [0.1, 0.15) is 49.2 Å². The number of carbonyl (C=O) groups excluding carboxylic acids is 1. The third kappa shape index (κ3) is 5.36. The fourth-order valence-electron chi connectivity index (χ4n) is 3.20. The molecule has 130 valence electrons. The predicted octanol–water partition coefficient (Wildman–Crippen LogP) is 2.84. The van der Waals surface area contributed by atoms with Crippen molar-refractivity contribution in [2.75, 3.05) is 26.7 Å². The number of aryl methyl sites for hydroxylation is 1. The van der Waals surface area contributed by atoms with Crippen LogP contribution < -0.4 is 5.32 Å². The van der Waals surface area contributed by atoms with Crippen LogP contribution in [0.25, 0.3) is 0 Å². The molecular weight excluding hydrogens is 292 g/mol. The SMILES string of the molecule is COC(CC(C)C)CN1CCC(NC(=O)c2ccoc2C)CC1. The summed E-state index contributed by atoms with van der Waals surface area (Å²) < 4.78 is 10.8. The number of hydrogen-bond donors (Lipinski definition) is 1. The average molecular weight is 322 g/mol. The monoisotopic (exact) mass is 322 g/mol. The lowest BCUT2D eigenvalue weighted by atomic mass is 10.0. The second kappa shape index (κ2) is 8.50. The number of ether oxygens (including phenoxy) is 1. The number of nitrogens with zero attached hydrogens (tertiary/aromatic N) is 1. The number of rotatable bonds is 7. The molecule has 5 nitrogen and oxygen atoms in total. The zero-order chi connectivity index (χ0) is 16.8. The van der Waals surface area contributed by atoms with Crippen molar-refractivity contribution < 1.29 is 13.9 Å². The summed E-state index contributed by atoms with van der Waals surface area (Å²) in [5.74, 6) is 1.30. The van der Waals surface area contributed by atoms with Gasteiger partial charge in [0.15, 0.2) is 0 Å². The van der Waals surface area contributed by atoms with Gasteiger partial charge in [-0.05, 0) is 38.2 Å². The minimum absolute atomic E-state index is 0.0238. The molecule has 1 fully saturated rings. The Balaban J connectivity index is 1.75. The molecule has 0 radical (unpaired) electrons. The summed E-state index contributed by atoms with van der Waals surface area (Å²) >= 11 is 0. The summed E-state index contributed by atoms with van der Waals surface area (Å²) in [4.78, 5) is 14.7. The van der Waals surface area contributed by atoms with Gasteiger partial charge in [-0.25, -0.2) is 0 Å². The van der Waals surface area contributed by atoms with Crippen LogP contribution in [0, 0.1) is 12.8 Å². The first kappa shape index (κ1) is 18.0. The molecule has 1 aromatic heterocycles. The standard InChI is InChI=1S/C18H30N2O3/c1-13(2)11-16(22-4)12-20-8-5-15(6-9-20)19-18(21)17-7-10-23-14(17)3/h7,10,13,15-16H,5-6,8-9,11-12H2,1-4H3,(H,19,21). The summed E-state index contributed by atoms with van der Waals surface area (Å²) in [6.07, 6.45) is 4.93. The Bertz CT molecular complexity index is 490. The predicted molar refractivity (Wildman–Crippen MR) is 90.6 cm³/mol. The molecule has 0 saturated carbocycles. The smallest absolute Gasteiger partial charge is 0.255 e. The third-order valence-electron chi connectivity index (χ3n) is 4.56. The normalized spacial score (nSPS) is 18.3. The van der Waals surface area contributed by atoms with Gasteiger partial charge in [-0.15, -0.1) is 0 Å². The molecule has 0 aromatic carbocycles. The highest BCUT2D eigenvalue weighted by Crippen LogP contribution is 2.16. The van der Waals surface area contributed by atoms with Gasteiger partial charge in [-0.3, -0.25) is 4.79 Å². The van der Waals surface area contributed by atoms with E-state index in [2.05, 4.69) is 24.1 Å². The molecule has 2 rings (SSSR count). The topological polar surface area (TPSA) is 54.7 Å². The Morgan fingerprint density at radius 2 is 2.13 bits per heavy atom. The van der Waals surface area contributed by atoms with Crippen molar-refractivity contribution in [2.24, 2.45) is 5.92 Å². The number of carbonyl (C=O) groups is 1. The fraction of sp³-hybridized carbons (Fsp3) is 0.722. The largest absolute Gasteiger partial charge is 0.469 e. The van der Waals surface area contributed by atoms with Gasteiger partial charge in [0.05, 0.1) is 17.9 Å². The highest BCUT2D eigenvalue weighted by Gasteiger charge is 2.24. The molecule has 1 aromatic rings. The highest BCUT2D eigenvalue weighted by atomic mass is 16.5.